The van der Waals surface area contributed by atoms with Crippen LogP contribution in [0.15, 0.2) is 50.9 Å². The van der Waals surface area contributed by atoms with Crippen molar-refractivity contribution in [2.45, 2.75) is 9.92 Å². The summed E-state index contributed by atoms with van der Waals surface area (Å²) >= 11 is 16.8. The Hall–Kier alpha value is -0.220. The van der Waals surface area contributed by atoms with E-state index in [1.165, 1.54) is 11.8 Å². The Morgan fingerprint density at radius 1 is 1.12 bits per heavy atom. The lowest BCUT2D eigenvalue weighted by Crippen LogP contribution is -1.81. The summed E-state index contributed by atoms with van der Waals surface area (Å²) in [7, 11) is 0. The number of nitrogens with zero attached hydrogens (tertiary/aromatic N) is 1. The van der Waals surface area contributed by atoms with Gasteiger partial charge in [0.05, 0.1) is 14.5 Å². The molecule has 0 saturated heterocycles. The number of hydrogen-bond acceptors (Lipinski definition) is 2. The monoisotopic (exact) mass is 333 g/mol. The summed E-state index contributed by atoms with van der Waals surface area (Å²) in [5.41, 5.74) is 0. The fraction of sp³-hybridized carbons (Fsp3) is 0. The van der Waals surface area contributed by atoms with Crippen molar-refractivity contribution in [3.63, 3.8) is 0 Å². The molecule has 0 N–H and O–H groups in total. The number of hydrogen-bond donors (Lipinski definition) is 0. The van der Waals surface area contributed by atoms with E-state index in [1.807, 2.05) is 24.3 Å². The van der Waals surface area contributed by atoms with Gasteiger partial charge in [0.25, 0.3) is 0 Å². The van der Waals surface area contributed by atoms with Crippen LogP contribution in [0.5, 0.6) is 0 Å². The average Bonchev–Trinajstić information content (AvgIpc) is 2.27. The first-order valence-electron chi connectivity index (χ1n) is 4.40. The molecule has 2 aromatic rings. The zero-order valence-electron chi connectivity index (χ0n) is 7.95. The van der Waals surface area contributed by atoms with Crippen LogP contribution in [-0.4, -0.2) is 4.98 Å². The molecule has 5 heteroatoms. The molecule has 0 atom stereocenters. The molecular formula is C11H6BrCl2NS. The highest BCUT2D eigenvalue weighted by molar-refractivity contribution is 9.10. The summed E-state index contributed by atoms with van der Waals surface area (Å²) in [6.45, 7) is 0. The normalized spacial score (nSPS) is 10.4. The van der Waals surface area contributed by atoms with E-state index < -0.39 is 0 Å². The Morgan fingerprint density at radius 3 is 2.62 bits per heavy atom. The van der Waals surface area contributed by atoms with Crippen LogP contribution in [0, 0.1) is 0 Å². The minimum atomic E-state index is 0.554. The van der Waals surface area contributed by atoms with Crippen LogP contribution in [0.25, 0.3) is 0 Å². The highest BCUT2D eigenvalue weighted by Gasteiger charge is 2.05. The van der Waals surface area contributed by atoms with Crippen LogP contribution in [0.1, 0.15) is 0 Å². The van der Waals surface area contributed by atoms with Crippen molar-refractivity contribution in [1.82, 2.24) is 4.98 Å². The number of halogens is 3. The third-order valence-electron chi connectivity index (χ3n) is 1.83. The van der Waals surface area contributed by atoms with Crippen molar-refractivity contribution >= 4 is 50.9 Å². The van der Waals surface area contributed by atoms with E-state index in [1.54, 1.807) is 12.3 Å². The molecule has 0 unspecified atom stereocenters. The van der Waals surface area contributed by atoms with Gasteiger partial charge in [0.15, 0.2) is 0 Å². The third kappa shape index (κ3) is 2.92. The smallest absolute Gasteiger partial charge is 0.115 e. The first kappa shape index (κ1) is 12.2. The van der Waals surface area contributed by atoms with E-state index in [-0.39, 0.29) is 0 Å². The molecule has 0 aliphatic carbocycles. The molecule has 0 fully saturated rings. The molecule has 1 nitrogen and oxygen atoms in total. The molecule has 2 rings (SSSR count). The van der Waals surface area contributed by atoms with Crippen LogP contribution in [-0.2, 0) is 0 Å². The van der Waals surface area contributed by atoms with Gasteiger partial charge in [-0.15, -0.1) is 0 Å². The molecule has 0 bridgehead atoms. The van der Waals surface area contributed by atoms with Gasteiger partial charge in [0, 0.05) is 11.1 Å². The molecule has 0 radical (unpaired) electrons. The zero-order chi connectivity index (χ0) is 11.5. The topological polar surface area (TPSA) is 12.9 Å². The second kappa shape index (κ2) is 5.41. The van der Waals surface area contributed by atoms with E-state index in [0.717, 1.165) is 14.4 Å². The maximum atomic E-state index is 5.94. The van der Waals surface area contributed by atoms with Gasteiger partial charge in [-0.05, 0) is 46.3 Å². The maximum Gasteiger partial charge on any atom is 0.115 e. The molecule has 1 aromatic carbocycles. The average molecular weight is 335 g/mol. The summed E-state index contributed by atoms with van der Waals surface area (Å²) in [5, 5.41) is 2.02. The lowest BCUT2D eigenvalue weighted by atomic mass is 10.4. The van der Waals surface area contributed by atoms with Crippen molar-refractivity contribution in [2.24, 2.45) is 0 Å². The van der Waals surface area contributed by atoms with Crippen LogP contribution >= 0.6 is 50.9 Å². The number of pyridine rings is 1. The van der Waals surface area contributed by atoms with Gasteiger partial charge in [-0.2, -0.15) is 0 Å². The molecule has 16 heavy (non-hydrogen) atoms. The van der Waals surface area contributed by atoms with E-state index >= 15 is 0 Å². The Bertz CT molecular complexity index is 519. The van der Waals surface area contributed by atoms with E-state index in [4.69, 9.17) is 23.2 Å². The van der Waals surface area contributed by atoms with Crippen molar-refractivity contribution in [1.29, 1.82) is 0 Å². The lowest BCUT2D eigenvalue weighted by molar-refractivity contribution is 1.11. The first-order valence-corrected chi connectivity index (χ1v) is 6.77. The van der Waals surface area contributed by atoms with E-state index in [9.17, 15) is 0 Å². The predicted molar refractivity (Wildman–Crippen MR) is 72.5 cm³/mol. The third-order valence-corrected chi connectivity index (χ3v) is 4.48. The second-order valence-corrected chi connectivity index (χ2v) is 5.70. The molecule has 0 spiro atoms. The highest BCUT2D eigenvalue weighted by Crippen LogP contribution is 2.34. The SMILES string of the molecule is Clc1ccc(Sc2ncccc2Br)cc1Cl. The van der Waals surface area contributed by atoms with Crippen molar-refractivity contribution in [2.75, 3.05) is 0 Å². The Morgan fingerprint density at radius 2 is 1.94 bits per heavy atom. The van der Waals surface area contributed by atoms with Gasteiger partial charge in [0.1, 0.15) is 5.03 Å². The molecule has 0 saturated carbocycles. The summed E-state index contributed by atoms with van der Waals surface area (Å²) in [4.78, 5) is 5.27. The minimum absolute atomic E-state index is 0.554. The van der Waals surface area contributed by atoms with E-state index in [0.29, 0.717) is 10.0 Å². The van der Waals surface area contributed by atoms with Gasteiger partial charge in [-0.1, -0.05) is 35.0 Å². The van der Waals surface area contributed by atoms with Gasteiger partial charge in [-0.25, -0.2) is 4.98 Å². The molecule has 0 aliphatic heterocycles. The van der Waals surface area contributed by atoms with Crippen LogP contribution in [0.2, 0.25) is 10.0 Å². The molecule has 82 valence electrons. The summed E-state index contributed by atoms with van der Waals surface area (Å²) < 4.78 is 0.964. The molecule has 0 amide bonds. The lowest BCUT2D eigenvalue weighted by Gasteiger charge is -2.04. The molecular weight excluding hydrogens is 329 g/mol. The standard InChI is InChI=1S/C11H6BrCl2NS/c12-8-2-1-5-15-11(8)16-7-3-4-9(13)10(14)6-7/h1-6H. The number of benzene rings is 1. The van der Waals surface area contributed by atoms with Crippen molar-refractivity contribution < 1.29 is 0 Å². The Labute approximate surface area is 116 Å². The summed E-state index contributed by atoms with van der Waals surface area (Å²) in [6.07, 6.45) is 1.75. The number of aromatic nitrogens is 1. The fourth-order valence-corrected chi connectivity index (χ4v) is 2.77. The largest absolute Gasteiger partial charge is 0.248 e. The second-order valence-electron chi connectivity index (χ2n) is 2.97. The molecule has 1 aromatic heterocycles. The van der Waals surface area contributed by atoms with Gasteiger partial charge in [0.2, 0.25) is 0 Å². The van der Waals surface area contributed by atoms with Crippen molar-refractivity contribution in [3.8, 4) is 0 Å². The number of rotatable bonds is 2. The zero-order valence-corrected chi connectivity index (χ0v) is 11.9. The predicted octanol–water partition coefficient (Wildman–Crippen LogP) is 5.30. The van der Waals surface area contributed by atoms with Crippen LogP contribution in [0.3, 0.4) is 0 Å². The maximum absolute atomic E-state index is 5.94. The summed E-state index contributed by atoms with van der Waals surface area (Å²) in [6, 6.07) is 9.36. The van der Waals surface area contributed by atoms with Crippen molar-refractivity contribution in [3.05, 3.63) is 51.0 Å². The quantitative estimate of drug-likeness (QED) is 0.738. The Kier molecular flexibility index (Phi) is 4.14. The minimum Gasteiger partial charge on any atom is -0.248 e. The van der Waals surface area contributed by atoms with Crippen LogP contribution < -0.4 is 0 Å². The first-order chi connectivity index (χ1) is 7.66. The fourth-order valence-electron chi connectivity index (χ4n) is 1.10. The highest BCUT2D eigenvalue weighted by atomic mass is 79.9. The van der Waals surface area contributed by atoms with Gasteiger partial charge < -0.3 is 0 Å². The van der Waals surface area contributed by atoms with Gasteiger partial charge >= 0.3 is 0 Å². The molecule has 0 aliphatic rings. The summed E-state index contributed by atoms with van der Waals surface area (Å²) in [5.74, 6) is 0. The van der Waals surface area contributed by atoms with Gasteiger partial charge in [-0.3, -0.25) is 0 Å². The Balaban J connectivity index is 2.28. The van der Waals surface area contributed by atoms with E-state index in [2.05, 4.69) is 20.9 Å². The van der Waals surface area contributed by atoms with Crippen LogP contribution in [0.4, 0.5) is 0 Å². The molecule has 1 heterocycles.